The molecule has 5 nitrogen and oxygen atoms in total. The Hall–Kier alpha value is -1.95. The first kappa shape index (κ1) is 16.4. The quantitative estimate of drug-likeness (QED) is 0.756. The van der Waals surface area contributed by atoms with E-state index in [0.717, 1.165) is 23.6 Å². The largest absolute Gasteiger partial charge is 0.494 e. The molecule has 22 heavy (non-hydrogen) atoms. The van der Waals surface area contributed by atoms with E-state index < -0.39 is 0 Å². The molecule has 1 amide bonds. The van der Waals surface area contributed by atoms with Crippen LogP contribution in [0.4, 0.5) is 5.13 Å². The van der Waals surface area contributed by atoms with Gasteiger partial charge in [0.05, 0.1) is 6.61 Å². The van der Waals surface area contributed by atoms with Crippen molar-refractivity contribution >= 4 is 22.4 Å². The number of para-hydroxylation sites is 1. The van der Waals surface area contributed by atoms with Crippen molar-refractivity contribution in [1.82, 2.24) is 10.2 Å². The molecule has 0 aliphatic rings. The summed E-state index contributed by atoms with van der Waals surface area (Å²) in [6, 6.07) is 9.74. The molecule has 0 radical (unpaired) electrons. The lowest BCUT2D eigenvalue weighted by molar-refractivity contribution is -0.116. The van der Waals surface area contributed by atoms with E-state index in [1.165, 1.54) is 11.3 Å². The van der Waals surface area contributed by atoms with Crippen molar-refractivity contribution in [3.8, 4) is 5.75 Å². The summed E-state index contributed by atoms with van der Waals surface area (Å²) >= 11 is 1.42. The van der Waals surface area contributed by atoms with Gasteiger partial charge in [-0.15, -0.1) is 10.2 Å². The highest BCUT2D eigenvalue weighted by Gasteiger charge is 2.09. The molecular weight excluding hydrogens is 298 g/mol. The van der Waals surface area contributed by atoms with Crippen molar-refractivity contribution in [1.29, 1.82) is 0 Å². The lowest BCUT2D eigenvalue weighted by atomic mass is 10.1. The van der Waals surface area contributed by atoms with E-state index in [1.54, 1.807) is 0 Å². The van der Waals surface area contributed by atoms with Crippen LogP contribution in [0.25, 0.3) is 0 Å². The third kappa shape index (κ3) is 5.81. The molecule has 118 valence electrons. The number of aryl methyl sites for hydroxylation is 1. The molecule has 1 aromatic carbocycles. The predicted molar refractivity (Wildman–Crippen MR) is 88.3 cm³/mol. The number of benzene rings is 1. The third-order valence-corrected chi connectivity index (χ3v) is 3.75. The minimum Gasteiger partial charge on any atom is -0.494 e. The maximum atomic E-state index is 11.7. The highest BCUT2D eigenvalue weighted by atomic mass is 32.1. The number of carbonyl (C=O) groups is 1. The van der Waals surface area contributed by atoms with Gasteiger partial charge in [0.25, 0.3) is 0 Å². The van der Waals surface area contributed by atoms with Crippen LogP contribution in [0.15, 0.2) is 30.3 Å². The molecule has 2 rings (SSSR count). The number of rotatable bonds is 8. The zero-order chi connectivity index (χ0) is 15.8. The van der Waals surface area contributed by atoms with E-state index >= 15 is 0 Å². The van der Waals surface area contributed by atoms with Crippen LogP contribution in [0.5, 0.6) is 5.75 Å². The normalized spacial score (nSPS) is 10.7. The average molecular weight is 319 g/mol. The van der Waals surface area contributed by atoms with E-state index in [0.29, 0.717) is 24.1 Å². The van der Waals surface area contributed by atoms with Crippen LogP contribution in [0, 0.1) is 5.92 Å². The van der Waals surface area contributed by atoms with Crippen LogP contribution in [0.1, 0.15) is 31.7 Å². The number of anilines is 1. The summed E-state index contributed by atoms with van der Waals surface area (Å²) in [4.78, 5) is 11.7. The highest BCUT2D eigenvalue weighted by molar-refractivity contribution is 7.15. The number of carbonyl (C=O) groups excluding carboxylic acids is 1. The van der Waals surface area contributed by atoms with Gasteiger partial charge in [-0.25, -0.2) is 0 Å². The molecule has 0 aliphatic heterocycles. The maximum Gasteiger partial charge on any atom is 0.226 e. The van der Waals surface area contributed by atoms with Gasteiger partial charge in [-0.1, -0.05) is 43.4 Å². The summed E-state index contributed by atoms with van der Waals surface area (Å²) in [5.41, 5.74) is 0. The van der Waals surface area contributed by atoms with Gasteiger partial charge in [-0.3, -0.25) is 4.79 Å². The first-order chi connectivity index (χ1) is 10.6. The molecule has 2 aromatic rings. The zero-order valence-corrected chi connectivity index (χ0v) is 13.7. The highest BCUT2D eigenvalue weighted by Crippen LogP contribution is 2.17. The van der Waals surface area contributed by atoms with E-state index in [4.69, 9.17) is 4.74 Å². The topological polar surface area (TPSA) is 64.1 Å². The van der Waals surface area contributed by atoms with Gasteiger partial charge < -0.3 is 10.1 Å². The molecule has 1 aromatic heterocycles. The molecular formula is C16H21N3O2S. The van der Waals surface area contributed by atoms with Gasteiger partial charge in [-0.2, -0.15) is 0 Å². The minimum absolute atomic E-state index is 0.00916. The van der Waals surface area contributed by atoms with E-state index in [-0.39, 0.29) is 5.91 Å². The summed E-state index contributed by atoms with van der Waals surface area (Å²) in [5, 5.41) is 12.4. The molecule has 0 atom stereocenters. The second kappa shape index (κ2) is 8.48. The minimum atomic E-state index is -0.00916. The van der Waals surface area contributed by atoms with Crippen molar-refractivity contribution in [2.75, 3.05) is 11.9 Å². The summed E-state index contributed by atoms with van der Waals surface area (Å²) < 4.78 is 5.63. The molecule has 0 unspecified atom stereocenters. The van der Waals surface area contributed by atoms with Crippen molar-refractivity contribution in [3.05, 3.63) is 35.3 Å². The van der Waals surface area contributed by atoms with Crippen LogP contribution in [0.2, 0.25) is 0 Å². The smallest absolute Gasteiger partial charge is 0.226 e. The number of nitrogens with zero attached hydrogens (tertiary/aromatic N) is 2. The number of nitrogens with one attached hydrogen (secondary N) is 1. The number of hydrogen-bond acceptors (Lipinski definition) is 5. The third-order valence-electron chi connectivity index (χ3n) is 2.85. The fourth-order valence-electron chi connectivity index (χ4n) is 1.88. The van der Waals surface area contributed by atoms with Crippen molar-refractivity contribution in [2.45, 2.75) is 33.1 Å². The lowest BCUT2D eigenvalue weighted by Gasteiger charge is -2.04. The summed E-state index contributed by atoms with van der Waals surface area (Å²) in [6.07, 6.45) is 2.16. The molecule has 0 saturated heterocycles. The predicted octanol–water partition coefficient (Wildman–Crippen LogP) is 3.53. The number of ether oxygens (including phenoxy) is 1. The van der Waals surface area contributed by atoms with Crippen LogP contribution in [-0.2, 0) is 11.2 Å². The van der Waals surface area contributed by atoms with Gasteiger partial charge in [0.15, 0.2) is 0 Å². The monoisotopic (exact) mass is 319 g/mol. The van der Waals surface area contributed by atoms with Crippen LogP contribution < -0.4 is 10.1 Å². The first-order valence-electron chi connectivity index (χ1n) is 7.43. The molecule has 1 N–H and O–H groups in total. The lowest BCUT2D eigenvalue weighted by Crippen LogP contribution is -2.13. The van der Waals surface area contributed by atoms with Gasteiger partial charge in [-0.05, 0) is 24.5 Å². The second-order valence-corrected chi connectivity index (χ2v) is 6.47. The first-order valence-corrected chi connectivity index (χ1v) is 8.25. The van der Waals surface area contributed by atoms with Crippen molar-refractivity contribution < 1.29 is 9.53 Å². The Morgan fingerprint density at radius 1 is 1.27 bits per heavy atom. The molecule has 6 heteroatoms. The Balaban J connectivity index is 1.70. The Labute approximate surface area is 134 Å². The number of amides is 1. The van der Waals surface area contributed by atoms with Crippen LogP contribution in [-0.4, -0.2) is 22.7 Å². The van der Waals surface area contributed by atoms with Crippen LogP contribution in [0.3, 0.4) is 0 Å². The fraction of sp³-hybridized carbons (Fsp3) is 0.438. The Morgan fingerprint density at radius 3 is 2.77 bits per heavy atom. The standard InChI is InChI=1S/C16H21N3O2S/c1-12(2)11-14(20)17-16-19-18-15(22-16)9-6-10-21-13-7-4-3-5-8-13/h3-5,7-8,12H,6,9-11H2,1-2H3,(H,17,19,20). The second-order valence-electron chi connectivity index (χ2n) is 5.41. The average Bonchev–Trinajstić information content (AvgIpc) is 2.91. The molecule has 0 bridgehead atoms. The Kier molecular flexibility index (Phi) is 6.33. The summed E-state index contributed by atoms with van der Waals surface area (Å²) in [5.74, 6) is 1.20. The Morgan fingerprint density at radius 2 is 2.05 bits per heavy atom. The van der Waals surface area contributed by atoms with E-state index in [2.05, 4.69) is 15.5 Å². The van der Waals surface area contributed by atoms with Gasteiger partial charge >= 0.3 is 0 Å². The van der Waals surface area contributed by atoms with Gasteiger partial charge in [0, 0.05) is 12.8 Å². The van der Waals surface area contributed by atoms with E-state index in [9.17, 15) is 4.79 Å². The summed E-state index contributed by atoms with van der Waals surface area (Å²) in [7, 11) is 0. The molecule has 0 spiro atoms. The molecule has 0 saturated carbocycles. The zero-order valence-electron chi connectivity index (χ0n) is 12.9. The fourth-order valence-corrected chi connectivity index (χ4v) is 2.67. The maximum absolute atomic E-state index is 11.7. The van der Waals surface area contributed by atoms with E-state index in [1.807, 2.05) is 44.2 Å². The number of aromatic nitrogens is 2. The van der Waals surface area contributed by atoms with Gasteiger partial charge in [0.1, 0.15) is 10.8 Å². The molecule has 0 aliphatic carbocycles. The summed E-state index contributed by atoms with van der Waals surface area (Å²) in [6.45, 7) is 4.66. The molecule has 1 heterocycles. The molecule has 0 fully saturated rings. The van der Waals surface area contributed by atoms with Crippen LogP contribution >= 0.6 is 11.3 Å². The Bertz CT molecular complexity index is 584. The number of hydrogen-bond donors (Lipinski definition) is 1. The van der Waals surface area contributed by atoms with Gasteiger partial charge in [0.2, 0.25) is 11.0 Å². The van der Waals surface area contributed by atoms with Crippen molar-refractivity contribution in [2.24, 2.45) is 5.92 Å². The van der Waals surface area contributed by atoms with Crippen molar-refractivity contribution in [3.63, 3.8) is 0 Å². The SMILES string of the molecule is CC(C)CC(=O)Nc1nnc(CCCOc2ccccc2)s1.